The highest BCUT2D eigenvalue weighted by Crippen LogP contribution is 2.37. The second-order valence-electron chi connectivity index (χ2n) is 5.58. The molecule has 1 fully saturated rings. The Balaban J connectivity index is 1.99. The zero-order chi connectivity index (χ0) is 15.7. The second kappa shape index (κ2) is 5.82. The fraction of sp³-hybridized carbons (Fsp3) is 0.294. The van der Waals surface area contributed by atoms with Gasteiger partial charge in [0, 0.05) is 6.54 Å². The van der Waals surface area contributed by atoms with Gasteiger partial charge in [0.05, 0.1) is 10.9 Å². The van der Waals surface area contributed by atoms with Gasteiger partial charge >= 0.3 is 0 Å². The van der Waals surface area contributed by atoms with Crippen molar-refractivity contribution in [2.45, 2.75) is 30.7 Å². The van der Waals surface area contributed by atoms with Gasteiger partial charge < -0.3 is 0 Å². The quantitative estimate of drug-likeness (QED) is 0.866. The van der Waals surface area contributed by atoms with E-state index in [1.165, 1.54) is 24.3 Å². The maximum absolute atomic E-state index is 13.0. The Bertz CT molecular complexity index is 772. The molecule has 0 radical (unpaired) electrons. The van der Waals surface area contributed by atoms with Crippen molar-refractivity contribution in [2.24, 2.45) is 0 Å². The molecule has 2 aromatic rings. The molecule has 3 nitrogen and oxygen atoms in total. The summed E-state index contributed by atoms with van der Waals surface area (Å²) in [6, 6.07) is 12.8. The molecule has 5 heteroatoms. The minimum atomic E-state index is -3.60. The van der Waals surface area contributed by atoms with Gasteiger partial charge in [-0.2, -0.15) is 4.31 Å². The predicted octanol–water partition coefficient (Wildman–Crippen LogP) is 3.66. The van der Waals surface area contributed by atoms with E-state index in [2.05, 4.69) is 0 Å². The first-order chi connectivity index (χ1) is 10.5. The average molecular weight is 319 g/mol. The molecular formula is C17H18FNO2S. The van der Waals surface area contributed by atoms with Crippen LogP contribution in [0.1, 0.15) is 30.0 Å². The summed E-state index contributed by atoms with van der Waals surface area (Å²) < 4.78 is 40.3. The van der Waals surface area contributed by atoms with Gasteiger partial charge in [0.25, 0.3) is 0 Å². The Morgan fingerprint density at radius 3 is 2.45 bits per heavy atom. The molecule has 116 valence electrons. The standard InChI is InChI=1S/C17H18FNO2S/c1-13-5-2-3-6-16(13)17-7-4-12-19(17)22(20,21)15-10-8-14(18)9-11-15/h2-3,5-6,8-11,17H,4,7,12H2,1H3/t17-/m0/s1. The minimum Gasteiger partial charge on any atom is -0.207 e. The van der Waals surface area contributed by atoms with Crippen LogP contribution in [0.25, 0.3) is 0 Å². The van der Waals surface area contributed by atoms with E-state index in [1.54, 1.807) is 4.31 Å². The summed E-state index contributed by atoms with van der Waals surface area (Å²) >= 11 is 0. The zero-order valence-electron chi connectivity index (χ0n) is 12.4. The molecule has 2 aromatic carbocycles. The first kappa shape index (κ1) is 15.2. The maximum Gasteiger partial charge on any atom is 0.243 e. The lowest BCUT2D eigenvalue weighted by Crippen LogP contribution is -2.31. The number of hydrogen-bond acceptors (Lipinski definition) is 2. The molecule has 1 saturated heterocycles. The molecular weight excluding hydrogens is 301 g/mol. The van der Waals surface area contributed by atoms with Crippen LogP contribution in [0.2, 0.25) is 0 Å². The van der Waals surface area contributed by atoms with E-state index in [1.807, 2.05) is 31.2 Å². The van der Waals surface area contributed by atoms with E-state index in [0.29, 0.717) is 6.54 Å². The molecule has 3 rings (SSSR count). The van der Waals surface area contributed by atoms with Crippen molar-refractivity contribution in [1.29, 1.82) is 0 Å². The van der Waals surface area contributed by atoms with Crippen molar-refractivity contribution in [1.82, 2.24) is 4.31 Å². The molecule has 0 aliphatic carbocycles. The molecule has 0 amide bonds. The van der Waals surface area contributed by atoms with E-state index in [4.69, 9.17) is 0 Å². The first-order valence-corrected chi connectivity index (χ1v) is 8.77. The lowest BCUT2D eigenvalue weighted by Gasteiger charge is -2.25. The van der Waals surface area contributed by atoms with E-state index < -0.39 is 15.8 Å². The summed E-state index contributed by atoms with van der Waals surface area (Å²) in [6.07, 6.45) is 1.64. The van der Waals surface area contributed by atoms with Crippen LogP contribution in [0, 0.1) is 12.7 Å². The molecule has 1 atom stereocenters. The van der Waals surface area contributed by atoms with E-state index >= 15 is 0 Å². The Morgan fingerprint density at radius 1 is 1.09 bits per heavy atom. The normalized spacial score (nSPS) is 19.5. The monoisotopic (exact) mass is 319 g/mol. The molecule has 1 heterocycles. The fourth-order valence-corrected chi connectivity index (χ4v) is 4.72. The van der Waals surface area contributed by atoms with Crippen LogP contribution in [-0.4, -0.2) is 19.3 Å². The summed E-state index contributed by atoms with van der Waals surface area (Å²) in [5, 5.41) is 0. The Morgan fingerprint density at radius 2 is 1.77 bits per heavy atom. The largest absolute Gasteiger partial charge is 0.243 e. The number of nitrogens with zero attached hydrogens (tertiary/aromatic N) is 1. The molecule has 22 heavy (non-hydrogen) atoms. The third-order valence-corrected chi connectivity index (χ3v) is 6.09. The van der Waals surface area contributed by atoms with Crippen LogP contribution in [-0.2, 0) is 10.0 Å². The van der Waals surface area contributed by atoms with Gasteiger partial charge in [-0.1, -0.05) is 24.3 Å². The molecule has 1 aliphatic heterocycles. The molecule has 0 bridgehead atoms. The molecule has 0 N–H and O–H groups in total. The van der Waals surface area contributed by atoms with Crippen LogP contribution in [0.3, 0.4) is 0 Å². The van der Waals surface area contributed by atoms with Gasteiger partial charge in [0.15, 0.2) is 0 Å². The first-order valence-electron chi connectivity index (χ1n) is 7.33. The minimum absolute atomic E-state index is 0.142. The van der Waals surface area contributed by atoms with Gasteiger partial charge in [-0.3, -0.25) is 0 Å². The van der Waals surface area contributed by atoms with Gasteiger partial charge in [-0.15, -0.1) is 0 Å². The zero-order valence-corrected chi connectivity index (χ0v) is 13.2. The van der Waals surface area contributed by atoms with E-state index in [-0.39, 0.29) is 10.9 Å². The van der Waals surface area contributed by atoms with Crippen LogP contribution in [0.5, 0.6) is 0 Å². The number of rotatable bonds is 3. The number of sulfonamides is 1. The SMILES string of the molecule is Cc1ccccc1[C@@H]1CCCN1S(=O)(=O)c1ccc(F)cc1. The highest BCUT2D eigenvalue weighted by atomic mass is 32.2. The van der Waals surface area contributed by atoms with Crippen LogP contribution >= 0.6 is 0 Å². The summed E-state index contributed by atoms with van der Waals surface area (Å²) in [5.74, 6) is -0.434. The van der Waals surface area contributed by atoms with Gasteiger partial charge in [-0.25, -0.2) is 12.8 Å². The van der Waals surface area contributed by atoms with Crippen molar-refractivity contribution in [3.05, 3.63) is 65.5 Å². The van der Waals surface area contributed by atoms with Crippen LogP contribution in [0.4, 0.5) is 4.39 Å². The van der Waals surface area contributed by atoms with Crippen molar-refractivity contribution in [3.8, 4) is 0 Å². The van der Waals surface area contributed by atoms with Crippen LogP contribution in [0.15, 0.2) is 53.4 Å². The Labute approximate surface area is 130 Å². The summed E-state index contributed by atoms with van der Waals surface area (Å²) in [4.78, 5) is 0.148. The highest BCUT2D eigenvalue weighted by molar-refractivity contribution is 7.89. The number of benzene rings is 2. The third-order valence-electron chi connectivity index (χ3n) is 4.17. The summed E-state index contributed by atoms with van der Waals surface area (Å²) in [6.45, 7) is 2.50. The number of aryl methyl sites for hydroxylation is 1. The summed E-state index contributed by atoms with van der Waals surface area (Å²) in [7, 11) is -3.60. The maximum atomic E-state index is 13.0. The second-order valence-corrected chi connectivity index (χ2v) is 7.47. The van der Waals surface area contributed by atoms with E-state index in [9.17, 15) is 12.8 Å². The van der Waals surface area contributed by atoms with Gasteiger partial charge in [0.1, 0.15) is 5.82 Å². The van der Waals surface area contributed by atoms with Crippen molar-refractivity contribution in [3.63, 3.8) is 0 Å². The lowest BCUT2D eigenvalue weighted by atomic mass is 10.0. The van der Waals surface area contributed by atoms with Crippen LogP contribution < -0.4 is 0 Å². The summed E-state index contributed by atoms with van der Waals surface area (Å²) in [5.41, 5.74) is 2.14. The Kier molecular flexibility index (Phi) is 4.02. The van der Waals surface area contributed by atoms with Crippen molar-refractivity contribution in [2.75, 3.05) is 6.54 Å². The van der Waals surface area contributed by atoms with Crippen molar-refractivity contribution < 1.29 is 12.8 Å². The lowest BCUT2D eigenvalue weighted by molar-refractivity contribution is 0.395. The average Bonchev–Trinajstić information content (AvgIpc) is 2.98. The van der Waals surface area contributed by atoms with Gasteiger partial charge in [0.2, 0.25) is 10.0 Å². The molecule has 0 aromatic heterocycles. The van der Waals surface area contributed by atoms with Crippen molar-refractivity contribution >= 4 is 10.0 Å². The third kappa shape index (κ3) is 2.66. The highest BCUT2D eigenvalue weighted by Gasteiger charge is 2.36. The predicted molar refractivity (Wildman–Crippen MR) is 83.4 cm³/mol. The topological polar surface area (TPSA) is 37.4 Å². The molecule has 0 unspecified atom stereocenters. The smallest absolute Gasteiger partial charge is 0.207 e. The molecule has 0 saturated carbocycles. The number of hydrogen-bond donors (Lipinski definition) is 0. The van der Waals surface area contributed by atoms with Gasteiger partial charge in [-0.05, 0) is 55.2 Å². The molecule has 1 aliphatic rings. The molecule has 0 spiro atoms. The fourth-order valence-electron chi connectivity index (χ4n) is 3.04. The van der Waals surface area contributed by atoms with E-state index in [0.717, 1.165) is 24.0 Å². The number of halogens is 1. The Hall–Kier alpha value is -1.72.